The van der Waals surface area contributed by atoms with Gasteiger partial charge in [0.05, 0.1) is 11.4 Å². The Morgan fingerprint density at radius 3 is 3.19 bits per heavy atom. The molecule has 1 saturated heterocycles. The summed E-state index contributed by atoms with van der Waals surface area (Å²) in [6.07, 6.45) is 9.71. The van der Waals surface area contributed by atoms with E-state index in [1.165, 1.54) is 0 Å². The van der Waals surface area contributed by atoms with E-state index in [1.807, 2.05) is 29.3 Å². The number of amides is 1. The highest BCUT2D eigenvalue weighted by molar-refractivity contribution is 6.35. The van der Waals surface area contributed by atoms with Gasteiger partial charge >= 0.3 is 0 Å². The van der Waals surface area contributed by atoms with Crippen molar-refractivity contribution in [2.45, 2.75) is 19.3 Å². The van der Waals surface area contributed by atoms with Crippen molar-refractivity contribution in [1.29, 1.82) is 0 Å². The Morgan fingerprint density at radius 2 is 2.38 bits per heavy atom. The van der Waals surface area contributed by atoms with Crippen molar-refractivity contribution < 1.29 is 4.79 Å². The molecule has 1 aromatic carbocycles. The van der Waals surface area contributed by atoms with Crippen molar-refractivity contribution in [2.24, 2.45) is 5.92 Å². The van der Waals surface area contributed by atoms with Crippen LogP contribution in [0.15, 0.2) is 24.4 Å². The molecule has 1 N–H and O–H groups in total. The van der Waals surface area contributed by atoms with Crippen LogP contribution < -0.4 is 0 Å². The SMILES string of the molecule is C#C[C@@H]1CCCN(C(=O)Cc2c[nH]c3cccc(Cl)c23)C1. The lowest BCUT2D eigenvalue weighted by molar-refractivity contribution is -0.131. The van der Waals surface area contributed by atoms with E-state index in [0.29, 0.717) is 18.0 Å². The van der Waals surface area contributed by atoms with Crippen LogP contribution in [0.2, 0.25) is 5.02 Å². The first kappa shape index (κ1) is 14.0. The summed E-state index contributed by atoms with van der Waals surface area (Å²) in [6.45, 7) is 1.47. The summed E-state index contributed by atoms with van der Waals surface area (Å²) in [5.74, 6) is 3.08. The highest BCUT2D eigenvalue weighted by atomic mass is 35.5. The van der Waals surface area contributed by atoms with Crippen molar-refractivity contribution >= 4 is 28.4 Å². The number of nitrogens with one attached hydrogen (secondary N) is 1. The van der Waals surface area contributed by atoms with Crippen molar-refractivity contribution in [3.8, 4) is 12.3 Å². The van der Waals surface area contributed by atoms with Gasteiger partial charge in [-0.05, 0) is 30.5 Å². The Morgan fingerprint density at radius 1 is 1.52 bits per heavy atom. The molecule has 21 heavy (non-hydrogen) atoms. The molecule has 0 spiro atoms. The lowest BCUT2D eigenvalue weighted by Gasteiger charge is -2.30. The smallest absolute Gasteiger partial charge is 0.227 e. The van der Waals surface area contributed by atoms with E-state index in [0.717, 1.165) is 35.9 Å². The van der Waals surface area contributed by atoms with Gasteiger partial charge in [-0.15, -0.1) is 12.3 Å². The number of hydrogen-bond donors (Lipinski definition) is 1. The van der Waals surface area contributed by atoms with Crippen molar-refractivity contribution in [3.05, 3.63) is 35.0 Å². The van der Waals surface area contributed by atoms with Crippen LogP contribution in [0, 0.1) is 18.3 Å². The second-order valence-corrected chi connectivity index (χ2v) is 5.91. The number of benzene rings is 1. The molecule has 108 valence electrons. The fraction of sp³-hybridized carbons (Fsp3) is 0.353. The number of aromatic amines is 1. The molecular formula is C17H17ClN2O. The fourth-order valence-electron chi connectivity index (χ4n) is 2.96. The second kappa shape index (κ2) is 5.83. The number of aromatic nitrogens is 1. The van der Waals surface area contributed by atoms with Crippen LogP contribution in [-0.4, -0.2) is 28.9 Å². The first-order chi connectivity index (χ1) is 10.2. The molecule has 0 radical (unpaired) electrons. The summed E-state index contributed by atoms with van der Waals surface area (Å²) >= 11 is 6.25. The lowest BCUT2D eigenvalue weighted by atomic mass is 9.98. The van der Waals surface area contributed by atoms with Gasteiger partial charge in [0, 0.05) is 36.1 Å². The maximum Gasteiger partial charge on any atom is 0.227 e. The number of rotatable bonds is 2. The largest absolute Gasteiger partial charge is 0.361 e. The van der Waals surface area contributed by atoms with E-state index < -0.39 is 0 Å². The van der Waals surface area contributed by atoms with Crippen LogP contribution in [0.5, 0.6) is 0 Å². The zero-order valence-corrected chi connectivity index (χ0v) is 12.5. The zero-order valence-electron chi connectivity index (χ0n) is 11.7. The minimum atomic E-state index is 0.121. The molecule has 1 amide bonds. The monoisotopic (exact) mass is 300 g/mol. The van der Waals surface area contributed by atoms with Crippen LogP contribution in [0.3, 0.4) is 0 Å². The van der Waals surface area contributed by atoms with Crippen molar-refractivity contribution in [3.63, 3.8) is 0 Å². The van der Waals surface area contributed by atoms with Gasteiger partial charge in [0.2, 0.25) is 5.91 Å². The minimum Gasteiger partial charge on any atom is -0.361 e. The number of likely N-dealkylation sites (tertiary alicyclic amines) is 1. The number of carbonyl (C=O) groups excluding carboxylic acids is 1. The number of hydrogen-bond acceptors (Lipinski definition) is 1. The van der Waals surface area contributed by atoms with Gasteiger partial charge in [0.15, 0.2) is 0 Å². The molecule has 2 heterocycles. The van der Waals surface area contributed by atoms with Gasteiger partial charge in [0.25, 0.3) is 0 Å². The molecule has 0 bridgehead atoms. The van der Waals surface area contributed by atoms with Crippen molar-refractivity contribution in [2.75, 3.05) is 13.1 Å². The minimum absolute atomic E-state index is 0.121. The van der Waals surface area contributed by atoms with Crippen LogP contribution >= 0.6 is 11.6 Å². The fourth-order valence-corrected chi connectivity index (χ4v) is 3.26. The van der Waals surface area contributed by atoms with Gasteiger partial charge in [-0.3, -0.25) is 4.79 Å². The quantitative estimate of drug-likeness (QED) is 0.849. The number of fused-ring (bicyclic) bond motifs is 1. The summed E-state index contributed by atoms with van der Waals surface area (Å²) in [6, 6.07) is 5.71. The van der Waals surface area contributed by atoms with Gasteiger partial charge in [-0.2, -0.15) is 0 Å². The third-order valence-corrected chi connectivity index (χ3v) is 4.40. The molecule has 2 aromatic rings. The summed E-state index contributed by atoms with van der Waals surface area (Å²) in [4.78, 5) is 17.5. The Kier molecular flexibility index (Phi) is 3.90. The number of H-pyrrole nitrogens is 1. The van der Waals surface area contributed by atoms with E-state index in [1.54, 1.807) is 0 Å². The van der Waals surface area contributed by atoms with Crippen molar-refractivity contribution in [1.82, 2.24) is 9.88 Å². The van der Waals surface area contributed by atoms with E-state index >= 15 is 0 Å². The summed E-state index contributed by atoms with van der Waals surface area (Å²) in [5.41, 5.74) is 1.91. The molecule has 0 unspecified atom stereocenters. The first-order valence-corrected chi connectivity index (χ1v) is 7.55. The molecule has 4 heteroatoms. The third-order valence-electron chi connectivity index (χ3n) is 4.09. The number of carbonyl (C=O) groups is 1. The standard InChI is InChI=1S/C17H17ClN2O/c1-2-12-5-4-8-20(11-12)16(21)9-13-10-19-15-7-3-6-14(18)17(13)15/h1,3,6-7,10,12,19H,4-5,8-9,11H2/t12-/m1/s1. The molecule has 3 rings (SSSR count). The Balaban J connectivity index is 1.79. The van der Waals surface area contributed by atoms with E-state index in [9.17, 15) is 4.79 Å². The lowest BCUT2D eigenvalue weighted by Crippen LogP contribution is -2.40. The van der Waals surface area contributed by atoms with E-state index in [-0.39, 0.29) is 11.8 Å². The summed E-state index contributed by atoms with van der Waals surface area (Å²) in [7, 11) is 0. The third kappa shape index (κ3) is 2.77. The van der Waals surface area contributed by atoms with Crippen LogP contribution in [0.25, 0.3) is 10.9 Å². The van der Waals surface area contributed by atoms with Gasteiger partial charge in [-0.1, -0.05) is 17.7 Å². The van der Waals surface area contributed by atoms with Crippen LogP contribution in [0.4, 0.5) is 0 Å². The number of terminal acetylenes is 1. The van der Waals surface area contributed by atoms with Gasteiger partial charge < -0.3 is 9.88 Å². The average Bonchev–Trinajstić information content (AvgIpc) is 2.92. The second-order valence-electron chi connectivity index (χ2n) is 5.50. The first-order valence-electron chi connectivity index (χ1n) is 7.17. The highest BCUT2D eigenvalue weighted by Gasteiger charge is 2.23. The molecule has 1 atom stereocenters. The number of halogens is 1. The number of piperidine rings is 1. The van der Waals surface area contributed by atoms with Crippen LogP contribution in [-0.2, 0) is 11.2 Å². The molecule has 1 aromatic heterocycles. The summed E-state index contributed by atoms with van der Waals surface area (Å²) in [5, 5.41) is 1.62. The molecule has 0 aliphatic carbocycles. The topological polar surface area (TPSA) is 36.1 Å². The predicted molar refractivity (Wildman–Crippen MR) is 85.1 cm³/mol. The molecule has 1 aliphatic rings. The maximum absolute atomic E-state index is 12.5. The Bertz CT molecular complexity index is 713. The van der Waals surface area contributed by atoms with Crippen LogP contribution in [0.1, 0.15) is 18.4 Å². The Labute approximate surface area is 129 Å². The summed E-state index contributed by atoms with van der Waals surface area (Å²) < 4.78 is 0. The average molecular weight is 301 g/mol. The van der Waals surface area contributed by atoms with Gasteiger partial charge in [0.1, 0.15) is 0 Å². The molecule has 3 nitrogen and oxygen atoms in total. The van der Waals surface area contributed by atoms with E-state index in [2.05, 4.69) is 10.9 Å². The Hall–Kier alpha value is -1.92. The molecule has 1 fully saturated rings. The molecule has 0 saturated carbocycles. The van der Waals surface area contributed by atoms with Gasteiger partial charge in [-0.25, -0.2) is 0 Å². The highest BCUT2D eigenvalue weighted by Crippen LogP contribution is 2.27. The number of nitrogens with zero attached hydrogens (tertiary/aromatic N) is 1. The molecular weight excluding hydrogens is 284 g/mol. The predicted octanol–water partition coefficient (Wildman–Crippen LogP) is 3.24. The molecule has 1 aliphatic heterocycles. The maximum atomic E-state index is 12.5. The zero-order chi connectivity index (χ0) is 14.8. The normalized spacial score (nSPS) is 18.7. The van der Waals surface area contributed by atoms with E-state index in [4.69, 9.17) is 18.0 Å².